The van der Waals surface area contributed by atoms with Crippen LogP contribution in [0.5, 0.6) is 0 Å². The van der Waals surface area contributed by atoms with Crippen LogP contribution in [0.4, 0.5) is 0 Å². The molecule has 0 aliphatic rings. The minimum atomic E-state index is 0.628. The van der Waals surface area contributed by atoms with Gasteiger partial charge in [-0.1, -0.05) is 50.3 Å². The summed E-state index contributed by atoms with van der Waals surface area (Å²) >= 11 is 0. The number of rotatable bonds is 5. The van der Waals surface area contributed by atoms with E-state index in [0.29, 0.717) is 12.0 Å². The van der Waals surface area contributed by atoms with E-state index in [2.05, 4.69) is 11.6 Å². The molecule has 0 aliphatic carbocycles. The lowest BCUT2D eigenvalue weighted by Crippen LogP contribution is -1.94. The Morgan fingerprint density at radius 1 is 1.39 bits per heavy atom. The van der Waals surface area contributed by atoms with Crippen molar-refractivity contribution >= 4 is 6.29 Å². The SMILES string of the molecule is C=C(/C=C\C=C/C)Cc1ccncc1C=O.CC. The Bertz CT molecular complexity index is 430. The van der Waals surface area contributed by atoms with E-state index in [1.165, 1.54) is 0 Å². The van der Waals surface area contributed by atoms with Gasteiger partial charge in [-0.2, -0.15) is 0 Å². The van der Waals surface area contributed by atoms with Crippen LogP contribution in [0.15, 0.2) is 54.9 Å². The van der Waals surface area contributed by atoms with Crippen LogP contribution in [0.25, 0.3) is 0 Å². The number of aromatic nitrogens is 1. The first-order valence-electron chi connectivity index (χ1n) is 6.13. The van der Waals surface area contributed by atoms with Crippen LogP contribution in [0.1, 0.15) is 36.7 Å². The van der Waals surface area contributed by atoms with Gasteiger partial charge in [0.25, 0.3) is 0 Å². The van der Waals surface area contributed by atoms with Crippen molar-refractivity contribution in [1.29, 1.82) is 0 Å². The number of carbonyl (C=O) groups is 1. The molecule has 1 rings (SSSR count). The standard InChI is InChI=1S/C14H15NO.C2H6/c1-3-4-5-6-12(2)9-13-7-8-15-10-14(13)11-16;1-2/h3-8,10-11H,2,9H2,1H3;1-2H3/b4-3-,6-5-;. The molecule has 0 N–H and O–H groups in total. The van der Waals surface area contributed by atoms with Crippen LogP contribution in [0.2, 0.25) is 0 Å². The largest absolute Gasteiger partial charge is 0.298 e. The molecule has 0 aromatic carbocycles. The van der Waals surface area contributed by atoms with Gasteiger partial charge in [-0.05, 0) is 25.0 Å². The Labute approximate surface area is 110 Å². The van der Waals surface area contributed by atoms with Crippen molar-refractivity contribution in [2.75, 3.05) is 0 Å². The molecule has 0 saturated carbocycles. The van der Waals surface area contributed by atoms with Crippen LogP contribution in [0.3, 0.4) is 0 Å². The maximum atomic E-state index is 10.8. The number of nitrogens with zero attached hydrogens (tertiary/aromatic N) is 1. The highest BCUT2D eigenvalue weighted by Gasteiger charge is 2.01. The van der Waals surface area contributed by atoms with Crippen LogP contribution in [-0.2, 0) is 6.42 Å². The first-order chi connectivity index (χ1) is 8.77. The Balaban J connectivity index is 0.00000137. The van der Waals surface area contributed by atoms with E-state index in [-0.39, 0.29) is 0 Å². The zero-order valence-corrected chi connectivity index (χ0v) is 11.4. The average Bonchev–Trinajstić information content (AvgIpc) is 2.42. The maximum absolute atomic E-state index is 10.8. The van der Waals surface area contributed by atoms with Gasteiger partial charge in [0, 0.05) is 18.0 Å². The second-order valence-corrected chi connectivity index (χ2v) is 3.41. The molecule has 18 heavy (non-hydrogen) atoms. The van der Waals surface area contributed by atoms with Gasteiger partial charge in [-0.15, -0.1) is 0 Å². The normalized spacial score (nSPS) is 10.2. The van der Waals surface area contributed by atoms with Gasteiger partial charge in [0.2, 0.25) is 0 Å². The van der Waals surface area contributed by atoms with Crippen LogP contribution in [0, 0.1) is 0 Å². The van der Waals surface area contributed by atoms with Crippen molar-refractivity contribution in [3.05, 3.63) is 66.0 Å². The summed E-state index contributed by atoms with van der Waals surface area (Å²) in [6, 6.07) is 1.85. The van der Waals surface area contributed by atoms with E-state index in [1.54, 1.807) is 12.4 Å². The summed E-state index contributed by atoms with van der Waals surface area (Å²) in [4.78, 5) is 14.7. The molecule has 0 saturated heterocycles. The highest BCUT2D eigenvalue weighted by molar-refractivity contribution is 5.76. The number of carbonyl (C=O) groups excluding carboxylic acids is 1. The van der Waals surface area contributed by atoms with E-state index in [1.807, 2.05) is 51.1 Å². The lowest BCUT2D eigenvalue weighted by Gasteiger charge is -2.03. The first kappa shape index (κ1) is 16.0. The molecule has 0 radical (unpaired) electrons. The molecule has 0 bridgehead atoms. The van der Waals surface area contributed by atoms with Gasteiger partial charge in [-0.3, -0.25) is 9.78 Å². The highest BCUT2D eigenvalue weighted by Crippen LogP contribution is 2.10. The summed E-state index contributed by atoms with van der Waals surface area (Å²) in [7, 11) is 0. The first-order valence-corrected chi connectivity index (χ1v) is 6.13. The fourth-order valence-electron chi connectivity index (χ4n) is 1.31. The summed E-state index contributed by atoms with van der Waals surface area (Å²) in [6.45, 7) is 9.90. The van der Waals surface area contributed by atoms with Crippen molar-refractivity contribution in [3.8, 4) is 0 Å². The van der Waals surface area contributed by atoms with Gasteiger partial charge in [0.05, 0.1) is 0 Å². The van der Waals surface area contributed by atoms with E-state index < -0.39 is 0 Å². The van der Waals surface area contributed by atoms with Gasteiger partial charge < -0.3 is 0 Å². The van der Waals surface area contributed by atoms with Crippen molar-refractivity contribution in [2.24, 2.45) is 0 Å². The average molecular weight is 243 g/mol. The molecular weight excluding hydrogens is 222 g/mol. The number of pyridine rings is 1. The van der Waals surface area contributed by atoms with Crippen LogP contribution in [-0.4, -0.2) is 11.3 Å². The van der Waals surface area contributed by atoms with Gasteiger partial charge in [0.1, 0.15) is 0 Å². The van der Waals surface area contributed by atoms with E-state index in [4.69, 9.17) is 0 Å². The Morgan fingerprint density at radius 3 is 2.72 bits per heavy atom. The monoisotopic (exact) mass is 243 g/mol. The van der Waals surface area contributed by atoms with Crippen LogP contribution >= 0.6 is 0 Å². The van der Waals surface area contributed by atoms with Crippen molar-refractivity contribution in [2.45, 2.75) is 27.2 Å². The van der Waals surface area contributed by atoms with Gasteiger partial charge >= 0.3 is 0 Å². The molecule has 1 aromatic rings. The zero-order valence-electron chi connectivity index (χ0n) is 11.4. The van der Waals surface area contributed by atoms with Crippen molar-refractivity contribution in [3.63, 3.8) is 0 Å². The molecule has 0 fully saturated rings. The van der Waals surface area contributed by atoms with E-state index >= 15 is 0 Å². The summed E-state index contributed by atoms with van der Waals surface area (Å²) in [5.41, 5.74) is 2.55. The Kier molecular flexibility index (Phi) is 9.10. The lowest BCUT2D eigenvalue weighted by molar-refractivity contribution is 0.112. The predicted molar refractivity (Wildman–Crippen MR) is 77.8 cm³/mol. The number of hydrogen-bond acceptors (Lipinski definition) is 2. The fourth-order valence-corrected chi connectivity index (χ4v) is 1.31. The van der Waals surface area contributed by atoms with Crippen LogP contribution < -0.4 is 0 Å². The summed E-state index contributed by atoms with van der Waals surface area (Å²) < 4.78 is 0. The molecule has 2 nitrogen and oxygen atoms in total. The highest BCUT2D eigenvalue weighted by atomic mass is 16.1. The van der Waals surface area contributed by atoms with Crippen molar-refractivity contribution < 1.29 is 4.79 Å². The third-order valence-corrected chi connectivity index (χ3v) is 2.13. The summed E-state index contributed by atoms with van der Waals surface area (Å²) in [5, 5.41) is 0. The molecule has 0 unspecified atom stereocenters. The molecular formula is C16H21NO. The van der Waals surface area contributed by atoms with Crippen molar-refractivity contribution in [1.82, 2.24) is 4.98 Å². The second kappa shape index (κ2) is 10.2. The zero-order chi connectivity index (χ0) is 13.8. The molecule has 0 amide bonds. The maximum Gasteiger partial charge on any atom is 0.151 e. The molecule has 1 aromatic heterocycles. The topological polar surface area (TPSA) is 30.0 Å². The second-order valence-electron chi connectivity index (χ2n) is 3.41. The smallest absolute Gasteiger partial charge is 0.151 e. The van der Waals surface area contributed by atoms with E-state index in [9.17, 15) is 4.79 Å². The quantitative estimate of drug-likeness (QED) is 0.574. The Hall–Kier alpha value is -1.96. The summed E-state index contributed by atoms with van der Waals surface area (Å²) in [6.07, 6.45) is 12.5. The third kappa shape index (κ3) is 5.94. The molecule has 2 heteroatoms. The number of aldehydes is 1. The molecule has 0 aliphatic heterocycles. The molecule has 0 atom stereocenters. The lowest BCUT2D eigenvalue weighted by atomic mass is 10.0. The minimum absolute atomic E-state index is 0.628. The fraction of sp³-hybridized carbons (Fsp3) is 0.250. The number of allylic oxidation sites excluding steroid dienone is 5. The molecule has 96 valence electrons. The summed E-state index contributed by atoms with van der Waals surface area (Å²) in [5.74, 6) is 0. The van der Waals surface area contributed by atoms with Gasteiger partial charge in [-0.25, -0.2) is 0 Å². The minimum Gasteiger partial charge on any atom is -0.298 e. The molecule has 0 spiro atoms. The third-order valence-electron chi connectivity index (χ3n) is 2.13. The molecule has 1 heterocycles. The number of hydrogen-bond donors (Lipinski definition) is 0. The van der Waals surface area contributed by atoms with E-state index in [0.717, 1.165) is 17.4 Å². The van der Waals surface area contributed by atoms with Gasteiger partial charge in [0.15, 0.2) is 6.29 Å². The Morgan fingerprint density at radius 2 is 2.11 bits per heavy atom. The predicted octanol–water partition coefficient (Wildman–Crippen LogP) is 4.15.